The Morgan fingerprint density at radius 1 is 1.40 bits per heavy atom. The molecule has 0 saturated heterocycles. The van der Waals surface area contributed by atoms with E-state index in [1.54, 1.807) is 12.3 Å². The van der Waals surface area contributed by atoms with Crippen molar-refractivity contribution in [3.05, 3.63) is 40.2 Å². The number of nitrogens with zero attached hydrogens (tertiary/aromatic N) is 2. The van der Waals surface area contributed by atoms with Crippen LogP contribution in [0.15, 0.2) is 28.9 Å². The van der Waals surface area contributed by atoms with Gasteiger partial charge in [0.15, 0.2) is 0 Å². The minimum absolute atomic E-state index is 0.347. The van der Waals surface area contributed by atoms with E-state index in [0.29, 0.717) is 22.1 Å². The van der Waals surface area contributed by atoms with Gasteiger partial charge in [-0.2, -0.15) is 4.98 Å². The van der Waals surface area contributed by atoms with Crippen LogP contribution in [-0.4, -0.2) is 16.5 Å². The Morgan fingerprint density at radius 3 is 2.95 bits per heavy atom. The van der Waals surface area contributed by atoms with E-state index in [2.05, 4.69) is 38.1 Å². The zero-order valence-electron chi connectivity index (χ0n) is 11.3. The van der Waals surface area contributed by atoms with Crippen LogP contribution in [0, 0.1) is 12.7 Å². The predicted molar refractivity (Wildman–Crippen MR) is 79.7 cm³/mol. The van der Waals surface area contributed by atoms with Crippen LogP contribution >= 0.6 is 15.9 Å². The third-order valence-electron chi connectivity index (χ3n) is 2.60. The summed E-state index contributed by atoms with van der Waals surface area (Å²) in [5, 5.41) is 3.08. The fourth-order valence-corrected chi connectivity index (χ4v) is 1.81. The normalized spacial score (nSPS) is 10.4. The first-order valence-electron chi connectivity index (χ1n) is 6.30. The predicted octanol–water partition coefficient (Wildman–Crippen LogP) is 4.30. The largest absolute Gasteiger partial charge is 0.437 e. The maximum atomic E-state index is 13.3. The molecule has 106 valence electrons. The van der Waals surface area contributed by atoms with Crippen molar-refractivity contribution in [3.63, 3.8) is 0 Å². The Balaban J connectivity index is 2.25. The van der Waals surface area contributed by atoms with E-state index in [9.17, 15) is 4.39 Å². The molecule has 1 heterocycles. The number of hydrogen-bond acceptors (Lipinski definition) is 4. The minimum Gasteiger partial charge on any atom is -0.437 e. The first-order valence-corrected chi connectivity index (χ1v) is 7.10. The number of halogens is 2. The molecule has 20 heavy (non-hydrogen) atoms. The molecule has 0 aliphatic rings. The monoisotopic (exact) mass is 339 g/mol. The highest BCUT2D eigenvalue weighted by atomic mass is 79.9. The van der Waals surface area contributed by atoms with Crippen LogP contribution in [-0.2, 0) is 0 Å². The molecule has 0 amide bonds. The molecule has 0 spiro atoms. The highest BCUT2D eigenvalue weighted by Crippen LogP contribution is 2.30. The van der Waals surface area contributed by atoms with Gasteiger partial charge in [-0.3, -0.25) is 0 Å². The van der Waals surface area contributed by atoms with Crippen molar-refractivity contribution in [3.8, 4) is 11.6 Å². The van der Waals surface area contributed by atoms with Crippen LogP contribution in [0.3, 0.4) is 0 Å². The van der Waals surface area contributed by atoms with E-state index >= 15 is 0 Å². The number of anilines is 1. The molecular formula is C14H15BrFN3O. The molecule has 0 atom stereocenters. The zero-order valence-corrected chi connectivity index (χ0v) is 12.9. The van der Waals surface area contributed by atoms with Crippen molar-refractivity contribution in [1.29, 1.82) is 0 Å². The summed E-state index contributed by atoms with van der Waals surface area (Å²) >= 11 is 3.33. The SMILES string of the molecule is CCCNc1ncc(Br)c(Oc2cc(F)ccc2C)n1. The van der Waals surface area contributed by atoms with E-state index in [4.69, 9.17) is 4.74 Å². The van der Waals surface area contributed by atoms with Crippen LogP contribution in [0.4, 0.5) is 10.3 Å². The molecular weight excluding hydrogens is 325 g/mol. The van der Waals surface area contributed by atoms with Crippen LogP contribution in [0.25, 0.3) is 0 Å². The average Bonchev–Trinajstić information content (AvgIpc) is 2.43. The van der Waals surface area contributed by atoms with Gasteiger partial charge in [0, 0.05) is 12.6 Å². The summed E-state index contributed by atoms with van der Waals surface area (Å²) in [6.07, 6.45) is 2.58. The van der Waals surface area contributed by atoms with Crippen LogP contribution in [0.5, 0.6) is 11.6 Å². The number of ether oxygens (including phenoxy) is 1. The summed E-state index contributed by atoms with van der Waals surface area (Å²) in [5.41, 5.74) is 0.833. The van der Waals surface area contributed by atoms with Crippen LogP contribution in [0.1, 0.15) is 18.9 Å². The Kier molecular flexibility index (Phi) is 4.89. The number of aromatic nitrogens is 2. The molecule has 0 fully saturated rings. The van der Waals surface area contributed by atoms with Crippen molar-refractivity contribution in [2.75, 3.05) is 11.9 Å². The smallest absolute Gasteiger partial charge is 0.238 e. The Labute approximate surface area is 125 Å². The second-order valence-corrected chi connectivity index (χ2v) is 5.14. The van der Waals surface area contributed by atoms with Crippen molar-refractivity contribution in [2.24, 2.45) is 0 Å². The minimum atomic E-state index is -0.347. The van der Waals surface area contributed by atoms with Gasteiger partial charge >= 0.3 is 0 Å². The van der Waals surface area contributed by atoms with E-state index in [1.807, 2.05) is 6.92 Å². The first kappa shape index (κ1) is 14.7. The van der Waals surface area contributed by atoms with Gasteiger partial charge in [0.1, 0.15) is 11.6 Å². The lowest BCUT2D eigenvalue weighted by Gasteiger charge is -2.10. The highest BCUT2D eigenvalue weighted by Gasteiger charge is 2.10. The van der Waals surface area contributed by atoms with E-state index in [0.717, 1.165) is 18.5 Å². The first-order chi connectivity index (χ1) is 9.60. The van der Waals surface area contributed by atoms with E-state index in [1.165, 1.54) is 12.1 Å². The lowest BCUT2D eigenvalue weighted by atomic mass is 10.2. The van der Waals surface area contributed by atoms with Gasteiger partial charge in [0.05, 0.1) is 10.7 Å². The number of nitrogens with one attached hydrogen (secondary N) is 1. The van der Waals surface area contributed by atoms with Gasteiger partial charge in [-0.15, -0.1) is 0 Å². The second kappa shape index (κ2) is 6.65. The molecule has 6 heteroatoms. The molecule has 1 aromatic heterocycles. The average molecular weight is 340 g/mol. The fourth-order valence-electron chi connectivity index (χ4n) is 1.53. The quantitative estimate of drug-likeness (QED) is 0.882. The number of benzene rings is 1. The van der Waals surface area contributed by atoms with Crippen molar-refractivity contribution < 1.29 is 9.13 Å². The summed E-state index contributed by atoms with van der Waals surface area (Å²) in [4.78, 5) is 8.40. The van der Waals surface area contributed by atoms with Gasteiger partial charge in [-0.25, -0.2) is 9.37 Å². The Morgan fingerprint density at radius 2 is 2.20 bits per heavy atom. The Hall–Kier alpha value is -1.69. The molecule has 1 N–H and O–H groups in total. The zero-order chi connectivity index (χ0) is 14.5. The van der Waals surface area contributed by atoms with E-state index < -0.39 is 0 Å². The lowest BCUT2D eigenvalue weighted by Crippen LogP contribution is -2.05. The standard InChI is InChI=1S/C14H15BrFN3O/c1-3-6-17-14-18-8-11(15)13(19-14)20-12-7-10(16)5-4-9(12)2/h4-5,7-8H,3,6H2,1-2H3,(H,17,18,19). The summed E-state index contributed by atoms with van der Waals surface area (Å²) in [6.45, 7) is 4.68. The molecule has 0 aliphatic carbocycles. The lowest BCUT2D eigenvalue weighted by molar-refractivity contribution is 0.451. The van der Waals surface area contributed by atoms with Gasteiger partial charge in [0.2, 0.25) is 11.8 Å². The molecule has 0 radical (unpaired) electrons. The molecule has 4 nitrogen and oxygen atoms in total. The fraction of sp³-hybridized carbons (Fsp3) is 0.286. The molecule has 0 aliphatic heterocycles. The Bertz CT molecular complexity index is 607. The third kappa shape index (κ3) is 3.66. The molecule has 2 rings (SSSR count). The highest BCUT2D eigenvalue weighted by molar-refractivity contribution is 9.10. The summed E-state index contributed by atoms with van der Waals surface area (Å²) in [7, 11) is 0. The number of aryl methyl sites for hydroxylation is 1. The van der Waals surface area contributed by atoms with Crippen LogP contribution in [0.2, 0.25) is 0 Å². The third-order valence-corrected chi connectivity index (χ3v) is 3.15. The van der Waals surface area contributed by atoms with E-state index in [-0.39, 0.29) is 5.82 Å². The van der Waals surface area contributed by atoms with Crippen LogP contribution < -0.4 is 10.1 Å². The van der Waals surface area contributed by atoms with Gasteiger partial charge in [0.25, 0.3) is 0 Å². The summed E-state index contributed by atoms with van der Waals surface area (Å²) < 4.78 is 19.5. The molecule has 2 aromatic rings. The molecule has 0 saturated carbocycles. The maximum Gasteiger partial charge on any atom is 0.238 e. The second-order valence-electron chi connectivity index (χ2n) is 4.29. The molecule has 0 unspecified atom stereocenters. The summed E-state index contributed by atoms with van der Waals surface area (Å²) in [5.74, 6) is 0.928. The van der Waals surface area contributed by atoms with Gasteiger partial charge < -0.3 is 10.1 Å². The number of rotatable bonds is 5. The van der Waals surface area contributed by atoms with Gasteiger partial charge in [-0.05, 0) is 40.9 Å². The summed E-state index contributed by atoms with van der Waals surface area (Å²) in [6, 6.07) is 4.39. The molecule has 1 aromatic carbocycles. The van der Waals surface area contributed by atoms with Gasteiger partial charge in [-0.1, -0.05) is 13.0 Å². The van der Waals surface area contributed by atoms with Crippen molar-refractivity contribution in [1.82, 2.24) is 9.97 Å². The molecule has 0 bridgehead atoms. The maximum absolute atomic E-state index is 13.3. The number of hydrogen-bond donors (Lipinski definition) is 1. The topological polar surface area (TPSA) is 47.0 Å². The van der Waals surface area contributed by atoms with Crippen molar-refractivity contribution in [2.45, 2.75) is 20.3 Å². The van der Waals surface area contributed by atoms with Crippen molar-refractivity contribution >= 4 is 21.9 Å².